The molecule has 0 aliphatic carbocycles. The molecule has 1 amide bonds. The summed E-state index contributed by atoms with van der Waals surface area (Å²) in [7, 11) is 3.21. The highest BCUT2D eigenvalue weighted by Crippen LogP contribution is 2.26. The Morgan fingerprint density at radius 3 is 2.81 bits per heavy atom. The third-order valence-electron chi connectivity index (χ3n) is 2.86. The molecule has 0 saturated carbocycles. The maximum atomic E-state index is 12.2. The van der Waals surface area contributed by atoms with Crippen molar-refractivity contribution in [1.82, 2.24) is 4.98 Å². The number of pyridine rings is 1. The van der Waals surface area contributed by atoms with E-state index in [2.05, 4.69) is 15.6 Å². The van der Waals surface area contributed by atoms with Gasteiger partial charge in [0.25, 0.3) is 5.91 Å². The smallest absolute Gasteiger partial charge is 0.255 e. The number of benzene rings is 1. The van der Waals surface area contributed by atoms with E-state index in [9.17, 15) is 4.79 Å². The fourth-order valence-electron chi connectivity index (χ4n) is 1.77. The van der Waals surface area contributed by atoms with E-state index in [1.165, 1.54) is 7.11 Å². The van der Waals surface area contributed by atoms with Crippen LogP contribution in [0.4, 0.5) is 11.5 Å². The number of rotatable bonds is 4. The van der Waals surface area contributed by atoms with Crippen LogP contribution in [0.5, 0.6) is 5.75 Å². The van der Waals surface area contributed by atoms with E-state index < -0.39 is 0 Å². The summed E-state index contributed by atoms with van der Waals surface area (Å²) in [5.41, 5.74) is 1.44. The molecule has 2 aromatic rings. The number of nitriles is 1. The quantitative estimate of drug-likeness (QED) is 0.898. The van der Waals surface area contributed by atoms with Crippen LogP contribution in [0.3, 0.4) is 0 Å². The van der Waals surface area contributed by atoms with Crippen LogP contribution in [0.2, 0.25) is 0 Å². The minimum atomic E-state index is -0.281. The Morgan fingerprint density at radius 1 is 1.33 bits per heavy atom. The van der Waals surface area contributed by atoms with E-state index >= 15 is 0 Å². The van der Waals surface area contributed by atoms with E-state index in [0.717, 1.165) is 0 Å². The molecular weight excluding hydrogens is 268 g/mol. The third kappa shape index (κ3) is 3.28. The molecule has 1 aromatic heterocycles. The molecule has 0 bridgehead atoms. The lowest BCUT2D eigenvalue weighted by Gasteiger charge is -2.10. The average Bonchev–Trinajstić information content (AvgIpc) is 2.55. The number of anilines is 2. The van der Waals surface area contributed by atoms with Gasteiger partial charge in [0.2, 0.25) is 0 Å². The topological polar surface area (TPSA) is 87.0 Å². The Hall–Kier alpha value is -3.07. The monoisotopic (exact) mass is 282 g/mol. The molecule has 0 radical (unpaired) electrons. The van der Waals surface area contributed by atoms with Gasteiger partial charge in [0.1, 0.15) is 11.6 Å². The first-order valence-electron chi connectivity index (χ1n) is 6.21. The molecule has 2 rings (SSSR count). The molecule has 0 aliphatic heterocycles. The van der Waals surface area contributed by atoms with E-state index in [1.54, 1.807) is 43.6 Å². The van der Waals surface area contributed by atoms with Gasteiger partial charge in [0.15, 0.2) is 0 Å². The standard InChI is InChI=1S/C15H14N4O2/c1-17-14-8-11(5-6-18-14)15(20)19-12-4-3-10(9-16)7-13(12)21-2/h3-8H,1-2H3,(H,17,18)(H,19,20). The SMILES string of the molecule is CNc1cc(C(=O)Nc2ccc(C#N)cc2OC)ccn1. The maximum absolute atomic E-state index is 12.2. The zero-order valence-electron chi connectivity index (χ0n) is 11.7. The van der Waals surface area contributed by atoms with Crippen LogP contribution in [0, 0.1) is 11.3 Å². The molecule has 0 spiro atoms. The van der Waals surface area contributed by atoms with Gasteiger partial charge < -0.3 is 15.4 Å². The van der Waals surface area contributed by atoms with Crippen molar-refractivity contribution in [3.05, 3.63) is 47.7 Å². The van der Waals surface area contributed by atoms with Gasteiger partial charge in [-0.3, -0.25) is 4.79 Å². The number of ether oxygens (including phenoxy) is 1. The van der Waals surface area contributed by atoms with Crippen LogP contribution >= 0.6 is 0 Å². The van der Waals surface area contributed by atoms with Crippen LogP contribution in [0.25, 0.3) is 0 Å². The molecule has 6 nitrogen and oxygen atoms in total. The van der Waals surface area contributed by atoms with E-state index in [1.807, 2.05) is 6.07 Å². The predicted molar refractivity (Wildman–Crippen MR) is 79.4 cm³/mol. The maximum Gasteiger partial charge on any atom is 0.255 e. The molecule has 1 aromatic carbocycles. The summed E-state index contributed by atoms with van der Waals surface area (Å²) in [6.07, 6.45) is 1.55. The number of carbonyl (C=O) groups is 1. The molecule has 6 heteroatoms. The van der Waals surface area contributed by atoms with E-state index in [0.29, 0.717) is 28.4 Å². The largest absolute Gasteiger partial charge is 0.495 e. The summed E-state index contributed by atoms with van der Waals surface area (Å²) < 4.78 is 5.18. The first-order chi connectivity index (χ1) is 10.2. The van der Waals surface area contributed by atoms with E-state index in [-0.39, 0.29) is 5.91 Å². The van der Waals surface area contributed by atoms with Gasteiger partial charge in [-0.2, -0.15) is 5.26 Å². The van der Waals surface area contributed by atoms with Crippen molar-refractivity contribution in [1.29, 1.82) is 5.26 Å². The third-order valence-corrected chi connectivity index (χ3v) is 2.86. The number of amides is 1. The molecule has 0 atom stereocenters. The summed E-state index contributed by atoms with van der Waals surface area (Å²) in [6, 6.07) is 10.1. The molecule has 0 aliphatic rings. The second-order valence-corrected chi connectivity index (χ2v) is 4.16. The minimum Gasteiger partial charge on any atom is -0.495 e. The number of methoxy groups -OCH3 is 1. The van der Waals surface area contributed by atoms with Crippen LogP contribution in [0.15, 0.2) is 36.5 Å². The number of hydrogen-bond acceptors (Lipinski definition) is 5. The first-order valence-corrected chi connectivity index (χ1v) is 6.21. The Bertz CT molecular complexity index is 707. The molecule has 21 heavy (non-hydrogen) atoms. The van der Waals surface area contributed by atoms with Gasteiger partial charge >= 0.3 is 0 Å². The first kappa shape index (κ1) is 14.3. The molecule has 0 unspecified atom stereocenters. The van der Waals surface area contributed by atoms with Gasteiger partial charge in [0, 0.05) is 24.9 Å². The van der Waals surface area contributed by atoms with Crippen LogP contribution in [0.1, 0.15) is 15.9 Å². The van der Waals surface area contributed by atoms with Crippen molar-refractivity contribution in [2.75, 3.05) is 24.8 Å². The number of aromatic nitrogens is 1. The molecule has 1 heterocycles. The second kappa shape index (κ2) is 6.39. The van der Waals surface area contributed by atoms with Crippen LogP contribution in [-0.4, -0.2) is 25.0 Å². The highest BCUT2D eigenvalue weighted by atomic mass is 16.5. The Morgan fingerprint density at radius 2 is 2.14 bits per heavy atom. The fraction of sp³-hybridized carbons (Fsp3) is 0.133. The summed E-state index contributed by atoms with van der Waals surface area (Å²) in [4.78, 5) is 16.3. The lowest BCUT2D eigenvalue weighted by atomic mass is 10.2. The van der Waals surface area contributed by atoms with Gasteiger partial charge in [-0.25, -0.2) is 4.98 Å². The van der Waals surface area contributed by atoms with Gasteiger partial charge in [-0.05, 0) is 24.3 Å². The second-order valence-electron chi connectivity index (χ2n) is 4.16. The number of nitrogens with one attached hydrogen (secondary N) is 2. The van der Waals surface area contributed by atoms with Crippen LogP contribution < -0.4 is 15.4 Å². The average molecular weight is 282 g/mol. The van der Waals surface area contributed by atoms with Gasteiger partial charge in [-0.15, -0.1) is 0 Å². The molecular formula is C15H14N4O2. The van der Waals surface area contributed by atoms with Gasteiger partial charge in [-0.1, -0.05) is 0 Å². The van der Waals surface area contributed by atoms with Crippen molar-refractivity contribution >= 4 is 17.4 Å². The lowest BCUT2D eigenvalue weighted by molar-refractivity contribution is 0.102. The highest BCUT2D eigenvalue weighted by Gasteiger charge is 2.11. The van der Waals surface area contributed by atoms with Crippen LogP contribution in [-0.2, 0) is 0 Å². The fourth-order valence-corrected chi connectivity index (χ4v) is 1.77. The normalized spacial score (nSPS) is 9.57. The minimum absolute atomic E-state index is 0.281. The number of nitrogens with zero attached hydrogens (tertiary/aromatic N) is 2. The summed E-state index contributed by atoms with van der Waals surface area (Å²) in [5.74, 6) is 0.761. The number of carbonyl (C=O) groups excluding carboxylic acids is 1. The van der Waals surface area contributed by atoms with Crippen molar-refractivity contribution in [2.24, 2.45) is 0 Å². The van der Waals surface area contributed by atoms with Crippen molar-refractivity contribution < 1.29 is 9.53 Å². The summed E-state index contributed by atoms with van der Waals surface area (Å²) in [5, 5.41) is 14.5. The Kier molecular flexibility index (Phi) is 4.36. The van der Waals surface area contributed by atoms with Gasteiger partial charge in [0.05, 0.1) is 24.4 Å². The molecule has 106 valence electrons. The number of hydrogen-bond donors (Lipinski definition) is 2. The molecule has 0 saturated heterocycles. The van der Waals surface area contributed by atoms with Crippen molar-refractivity contribution in [3.8, 4) is 11.8 Å². The van der Waals surface area contributed by atoms with Crippen molar-refractivity contribution in [3.63, 3.8) is 0 Å². The Balaban J connectivity index is 2.25. The molecule has 0 fully saturated rings. The van der Waals surface area contributed by atoms with E-state index in [4.69, 9.17) is 10.00 Å². The van der Waals surface area contributed by atoms with Crippen molar-refractivity contribution in [2.45, 2.75) is 0 Å². The zero-order chi connectivity index (χ0) is 15.2. The summed E-state index contributed by atoms with van der Waals surface area (Å²) >= 11 is 0. The molecule has 2 N–H and O–H groups in total. The lowest BCUT2D eigenvalue weighted by Crippen LogP contribution is -2.13. The zero-order valence-corrected chi connectivity index (χ0v) is 11.7. The summed E-state index contributed by atoms with van der Waals surface area (Å²) in [6.45, 7) is 0. The Labute approximate surface area is 122 Å². The predicted octanol–water partition coefficient (Wildman–Crippen LogP) is 2.26. The highest BCUT2D eigenvalue weighted by molar-refractivity contribution is 6.05.